The number of hydrogen-bond acceptors (Lipinski definition) is 4. The van der Waals surface area contributed by atoms with Gasteiger partial charge >= 0.3 is 0 Å². The van der Waals surface area contributed by atoms with Gasteiger partial charge in [0.05, 0.1) is 16.8 Å². The zero-order chi connectivity index (χ0) is 22.3. The molecule has 10 heteroatoms. The molecule has 0 saturated carbocycles. The van der Waals surface area contributed by atoms with Crippen LogP contribution < -0.4 is 0 Å². The predicted molar refractivity (Wildman–Crippen MR) is 110 cm³/mol. The Morgan fingerprint density at radius 2 is 1.77 bits per heavy atom. The molecule has 0 unspecified atom stereocenters. The van der Waals surface area contributed by atoms with Crippen LogP contribution in [0.5, 0.6) is 0 Å². The summed E-state index contributed by atoms with van der Waals surface area (Å²) in [7, 11) is 0. The molecule has 1 atom stereocenters. The fraction of sp³-hybridized carbons (Fsp3) is 0.190. The van der Waals surface area contributed by atoms with Crippen LogP contribution in [-0.4, -0.2) is 45.3 Å². The molecule has 1 aromatic heterocycles. The van der Waals surface area contributed by atoms with Crippen molar-refractivity contribution in [2.45, 2.75) is 25.0 Å². The summed E-state index contributed by atoms with van der Waals surface area (Å²) in [6.45, 7) is 0. The molecule has 2 aromatic carbocycles. The van der Waals surface area contributed by atoms with Gasteiger partial charge in [0.1, 0.15) is 5.71 Å². The first-order valence-electron chi connectivity index (χ1n) is 9.07. The Hall–Kier alpha value is -2.85. The molecule has 1 N–H and O–H groups in total. The van der Waals surface area contributed by atoms with Gasteiger partial charge in [-0.1, -0.05) is 46.3 Å². The van der Waals surface area contributed by atoms with Crippen LogP contribution in [-0.2, 0) is 0 Å². The van der Waals surface area contributed by atoms with Gasteiger partial charge in [0.2, 0.25) is 5.72 Å². The fourth-order valence-electron chi connectivity index (χ4n) is 3.34. The second-order valence-corrected chi connectivity index (χ2v) is 7.86. The van der Waals surface area contributed by atoms with Gasteiger partial charge in [0.15, 0.2) is 0 Å². The summed E-state index contributed by atoms with van der Waals surface area (Å²) in [5.74, 6) is -1.13. The summed E-state index contributed by atoms with van der Waals surface area (Å²) in [5.41, 5.74) is -2.84. The van der Waals surface area contributed by atoms with Crippen molar-refractivity contribution in [1.82, 2.24) is 9.99 Å². The van der Waals surface area contributed by atoms with Crippen LogP contribution in [0.2, 0.25) is 0 Å². The van der Waals surface area contributed by atoms with Crippen LogP contribution >= 0.6 is 15.9 Å². The molecule has 0 radical (unpaired) electrons. The molecule has 0 spiro atoms. The SMILES string of the molecule is O=C(c1cc(-c2ccc(Br)cc2)nc2ccccc12)N1N=C(C(F)F)C[C@]1(O)C(F)F. The maximum Gasteiger partial charge on any atom is 0.287 e. The van der Waals surface area contributed by atoms with Crippen molar-refractivity contribution >= 4 is 38.5 Å². The number of carbonyl (C=O) groups excluding carboxylic acids is 1. The number of hydrogen-bond donors (Lipinski definition) is 1. The first-order chi connectivity index (χ1) is 14.7. The third-order valence-corrected chi connectivity index (χ3v) is 5.45. The summed E-state index contributed by atoms with van der Waals surface area (Å²) in [4.78, 5) is 17.7. The molecule has 1 amide bonds. The summed E-state index contributed by atoms with van der Waals surface area (Å²) >= 11 is 3.33. The number of rotatable bonds is 4. The number of benzene rings is 2. The Balaban J connectivity index is 1.88. The average Bonchev–Trinajstić information content (AvgIpc) is 3.12. The first-order valence-corrected chi connectivity index (χ1v) is 9.86. The molecular formula is C21H14BrF4N3O2. The number of aromatic nitrogens is 1. The lowest BCUT2D eigenvalue weighted by Crippen LogP contribution is -2.51. The molecule has 160 valence electrons. The summed E-state index contributed by atoms with van der Waals surface area (Å²) < 4.78 is 54.3. The van der Waals surface area contributed by atoms with E-state index >= 15 is 0 Å². The zero-order valence-corrected chi connectivity index (χ0v) is 17.2. The Bertz CT molecular complexity index is 1190. The highest BCUT2D eigenvalue weighted by Gasteiger charge is 2.53. The predicted octanol–water partition coefficient (Wildman–Crippen LogP) is 5.09. The summed E-state index contributed by atoms with van der Waals surface area (Å²) in [6, 6.07) is 14.9. The van der Waals surface area contributed by atoms with Gasteiger partial charge in [0.25, 0.3) is 18.8 Å². The normalized spacial score (nSPS) is 18.8. The number of alkyl halides is 4. The first kappa shape index (κ1) is 21.4. The molecule has 0 fully saturated rings. The van der Waals surface area contributed by atoms with Gasteiger partial charge < -0.3 is 5.11 Å². The van der Waals surface area contributed by atoms with Gasteiger partial charge in [-0.05, 0) is 24.3 Å². The van der Waals surface area contributed by atoms with E-state index in [1.165, 1.54) is 6.07 Å². The smallest absolute Gasteiger partial charge is 0.287 e. The topological polar surface area (TPSA) is 65.8 Å². The van der Waals surface area contributed by atoms with E-state index in [1.54, 1.807) is 48.5 Å². The van der Waals surface area contributed by atoms with E-state index in [9.17, 15) is 27.5 Å². The third-order valence-electron chi connectivity index (χ3n) is 4.92. The van der Waals surface area contributed by atoms with E-state index in [0.717, 1.165) is 4.47 Å². The summed E-state index contributed by atoms with van der Waals surface area (Å²) in [6.07, 6.45) is -7.83. The molecule has 4 rings (SSSR count). The number of hydrazone groups is 1. The minimum absolute atomic E-state index is 0.0618. The number of halogens is 5. The van der Waals surface area contributed by atoms with E-state index < -0.39 is 36.6 Å². The van der Waals surface area contributed by atoms with E-state index in [0.29, 0.717) is 22.2 Å². The Labute approximate surface area is 182 Å². The van der Waals surface area contributed by atoms with Crippen LogP contribution in [0, 0.1) is 0 Å². The molecule has 1 aliphatic rings. The molecule has 1 aliphatic heterocycles. The van der Waals surface area contributed by atoms with Crippen LogP contribution in [0.3, 0.4) is 0 Å². The van der Waals surface area contributed by atoms with Gasteiger partial charge in [-0.15, -0.1) is 0 Å². The lowest BCUT2D eigenvalue weighted by molar-refractivity contribution is -0.164. The number of amides is 1. The van der Waals surface area contributed by atoms with Gasteiger partial charge in [-0.2, -0.15) is 10.1 Å². The van der Waals surface area contributed by atoms with Crippen LogP contribution in [0.25, 0.3) is 22.2 Å². The molecular weight excluding hydrogens is 482 g/mol. The molecule has 0 saturated heterocycles. The monoisotopic (exact) mass is 495 g/mol. The van der Waals surface area contributed by atoms with Gasteiger partial charge in [0, 0.05) is 21.8 Å². The highest BCUT2D eigenvalue weighted by molar-refractivity contribution is 9.10. The fourth-order valence-corrected chi connectivity index (χ4v) is 3.60. The number of carbonyl (C=O) groups is 1. The highest BCUT2D eigenvalue weighted by Crippen LogP contribution is 2.36. The minimum Gasteiger partial charge on any atom is -0.364 e. The lowest BCUT2D eigenvalue weighted by Gasteiger charge is -2.30. The Morgan fingerprint density at radius 1 is 1.10 bits per heavy atom. The third kappa shape index (κ3) is 3.81. The average molecular weight is 496 g/mol. The lowest BCUT2D eigenvalue weighted by atomic mass is 10.0. The molecule has 31 heavy (non-hydrogen) atoms. The number of nitrogens with zero attached hydrogens (tertiary/aromatic N) is 3. The number of fused-ring (bicyclic) bond motifs is 1. The van der Waals surface area contributed by atoms with E-state index in [4.69, 9.17) is 0 Å². The molecule has 3 aromatic rings. The van der Waals surface area contributed by atoms with Gasteiger partial charge in [-0.3, -0.25) is 4.79 Å². The van der Waals surface area contributed by atoms with Crippen molar-refractivity contribution in [3.05, 3.63) is 64.6 Å². The van der Waals surface area contributed by atoms with Crippen molar-refractivity contribution in [2.75, 3.05) is 0 Å². The Morgan fingerprint density at radius 3 is 2.42 bits per heavy atom. The second kappa shape index (κ2) is 8.01. The zero-order valence-electron chi connectivity index (χ0n) is 15.6. The second-order valence-electron chi connectivity index (χ2n) is 6.94. The van der Waals surface area contributed by atoms with Gasteiger partial charge in [-0.25, -0.2) is 22.5 Å². The largest absolute Gasteiger partial charge is 0.364 e. The molecule has 5 nitrogen and oxygen atoms in total. The van der Waals surface area contributed by atoms with Crippen molar-refractivity contribution in [2.24, 2.45) is 5.10 Å². The Kier molecular flexibility index (Phi) is 5.52. The van der Waals surface area contributed by atoms with Crippen LogP contribution in [0.1, 0.15) is 16.8 Å². The number of aliphatic hydroxyl groups is 1. The minimum atomic E-state index is -3.50. The number of para-hydroxylation sites is 1. The standard InChI is InChI=1S/C21H14BrF4N3O2/c22-12-7-5-11(6-8-12)16-9-14(13-3-1-2-4-15(13)27-16)19(30)29-21(31,20(25)26)10-17(28-29)18(23)24/h1-9,18,20,31H,10H2/t21-/m0/s1. The van der Waals surface area contributed by atoms with Crippen molar-refractivity contribution in [1.29, 1.82) is 0 Å². The molecule has 0 bridgehead atoms. The van der Waals surface area contributed by atoms with Crippen molar-refractivity contribution in [3.8, 4) is 11.3 Å². The van der Waals surface area contributed by atoms with E-state index in [2.05, 4.69) is 26.0 Å². The maximum atomic E-state index is 13.6. The van der Waals surface area contributed by atoms with Crippen molar-refractivity contribution < 1.29 is 27.5 Å². The maximum absolute atomic E-state index is 13.6. The van der Waals surface area contributed by atoms with Crippen LogP contribution in [0.4, 0.5) is 17.6 Å². The van der Waals surface area contributed by atoms with Crippen LogP contribution in [0.15, 0.2) is 64.2 Å². The number of pyridine rings is 1. The summed E-state index contributed by atoms with van der Waals surface area (Å²) in [5, 5.41) is 14.1. The van der Waals surface area contributed by atoms with E-state index in [1.807, 2.05) is 0 Å². The molecule has 2 heterocycles. The van der Waals surface area contributed by atoms with Crippen molar-refractivity contribution in [3.63, 3.8) is 0 Å². The highest BCUT2D eigenvalue weighted by atomic mass is 79.9. The van der Waals surface area contributed by atoms with E-state index in [-0.39, 0.29) is 10.6 Å². The quantitative estimate of drug-likeness (QED) is 0.513. The molecule has 0 aliphatic carbocycles.